The quantitative estimate of drug-likeness (QED) is 0.0743. The highest BCUT2D eigenvalue weighted by Crippen LogP contribution is 2.36. The minimum absolute atomic E-state index is 0.0146. The van der Waals surface area contributed by atoms with Crippen LogP contribution in [0.1, 0.15) is 87.0 Å². The number of carbonyl (C=O) groups excluding carboxylic acids is 6. The Bertz CT molecular complexity index is 2460. The van der Waals surface area contributed by atoms with E-state index < -0.39 is 65.3 Å². The number of hydrogen-bond acceptors (Lipinski definition) is 13. The number of aromatic nitrogens is 2. The van der Waals surface area contributed by atoms with Gasteiger partial charge >= 0.3 is 6.09 Å². The van der Waals surface area contributed by atoms with Gasteiger partial charge in [0.2, 0.25) is 23.5 Å². The number of carbonyl (C=O) groups is 6. The first kappa shape index (κ1) is 48.9. The van der Waals surface area contributed by atoms with E-state index in [1.54, 1.807) is 90.3 Å². The normalized spacial score (nSPS) is 19.0. The number of ether oxygens (including phenoxy) is 3. The molecule has 0 spiro atoms. The van der Waals surface area contributed by atoms with Crippen molar-refractivity contribution in [3.8, 4) is 22.9 Å². The van der Waals surface area contributed by atoms with Crippen molar-refractivity contribution in [2.75, 3.05) is 29.6 Å². The Morgan fingerprint density at radius 3 is 2.36 bits per heavy atom. The Morgan fingerprint density at radius 1 is 0.924 bits per heavy atom. The Hall–Kier alpha value is -6.56. The fraction of sp³-hybridized carbons (Fsp3) is 0.458. The van der Waals surface area contributed by atoms with Crippen LogP contribution >= 0.6 is 11.3 Å². The maximum atomic E-state index is 14.7. The highest BCUT2D eigenvalue weighted by molar-refractivity contribution is 7.14. The number of nitrogens with zero attached hydrogens (tertiary/aromatic N) is 3. The van der Waals surface area contributed by atoms with Gasteiger partial charge in [0.1, 0.15) is 47.0 Å². The molecule has 2 aromatic carbocycles. The van der Waals surface area contributed by atoms with E-state index in [0.717, 1.165) is 5.13 Å². The first-order valence-electron chi connectivity index (χ1n) is 22.3. The predicted molar refractivity (Wildman–Crippen MR) is 254 cm³/mol. The number of ketones is 1. The SMILES string of the molecule is COc1ccc2c(O[C@H]3C[C@@H](C(=O)N[C@@H]4CC=CCCCCC(=O)Nc5ccccc5NC(=O)C4=O)N(C(=O)[C@H](NC(=O)OC(C)(C)C)C(C)C)C3)cc(-c3csc(NC(C)C)n3)nc2c1. The van der Waals surface area contributed by atoms with Crippen molar-refractivity contribution in [1.82, 2.24) is 25.5 Å². The van der Waals surface area contributed by atoms with Gasteiger partial charge in [-0.15, -0.1) is 11.3 Å². The second-order valence-corrected chi connectivity index (χ2v) is 18.9. The first-order valence-corrected chi connectivity index (χ1v) is 23.1. The third-order valence-corrected chi connectivity index (χ3v) is 11.5. The van der Waals surface area contributed by atoms with Gasteiger partial charge in [0.05, 0.1) is 36.2 Å². The Kier molecular flexibility index (Phi) is 16.0. The van der Waals surface area contributed by atoms with Crippen LogP contribution in [0.2, 0.25) is 0 Å². The molecule has 17 nitrogen and oxygen atoms in total. The monoisotopic (exact) mass is 924 g/mol. The standard InChI is InChI=1S/C48H60N8O9S/c1-27(2)41(55-47(62)65-48(5,6)7)45(61)56-25-30(64-39-24-36(37-26-66-46(54-37)49-28(3)4)50-35-22-29(63-8)20-21-31(35)39)23-38(56)43(59)53-34-18-12-10-9-11-13-19-40(57)51-32-16-14-15-17-33(32)52-44(60)42(34)58/h10,12,14-17,20-22,24,26-28,30,34,38,41H,9,11,13,18-19,23,25H2,1-8H3,(H,49,54)(H,51,57)(H,52,60)(H,53,59)(H,55,62)/t30-,34+,38-,41+/m0/s1. The van der Waals surface area contributed by atoms with Crippen molar-refractivity contribution in [3.63, 3.8) is 0 Å². The molecule has 1 saturated heterocycles. The van der Waals surface area contributed by atoms with Gasteiger partial charge in [0.25, 0.3) is 5.91 Å². The first-order chi connectivity index (χ1) is 31.4. The summed E-state index contributed by atoms with van der Waals surface area (Å²) >= 11 is 1.44. The Labute approximate surface area is 388 Å². The molecule has 66 heavy (non-hydrogen) atoms. The lowest BCUT2D eigenvalue weighted by Gasteiger charge is -2.31. The molecule has 1 fully saturated rings. The van der Waals surface area contributed by atoms with Gasteiger partial charge in [-0.25, -0.2) is 14.8 Å². The van der Waals surface area contributed by atoms with Crippen molar-refractivity contribution < 1.29 is 43.0 Å². The average Bonchev–Trinajstić information content (AvgIpc) is 3.91. The summed E-state index contributed by atoms with van der Waals surface area (Å²) in [5, 5.41) is 17.5. The van der Waals surface area contributed by atoms with Crippen LogP contribution in [-0.4, -0.2) is 99.9 Å². The van der Waals surface area contributed by atoms with Crippen molar-refractivity contribution in [2.24, 2.45) is 5.92 Å². The zero-order chi connectivity index (χ0) is 47.7. The van der Waals surface area contributed by atoms with Gasteiger partial charge in [-0.2, -0.15) is 0 Å². The molecule has 0 radical (unpaired) electrons. The summed E-state index contributed by atoms with van der Waals surface area (Å²) in [6, 6.07) is 10.2. The van der Waals surface area contributed by atoms with Gasteiger partial charge < -0.3 is 45.7 Å². The number of nitrogens with one attached hydrogen (secondary N) is 5. The van der Waals surface area contributed by atoms with Crippen molar-refractivity contribution >= 4 is 74.3 Å². The summed E-state index contributed by atoms with van der Waals surface area (Å²) in [6.07, 6.45) is 4.15. The number of likely N-dealkylation sites (tertiary alicyclic amines) is 1. The molecule has 0 bridgehead atoms. The van der Waals surface area contributed by atoms with E-state index in [9.17, 15) is 28.8 Å². The summed E-state index contributed by atoms with van der Waals surface area (Å²) < 4.78 is 17.8. The molecule has 0 saturated carbocycles. The second-order valence-electron chi connectivity index (χ2n) is 18.0. The predicted octanol–water partition coefficient (Wildman–Crippen LogP) is 7.24. The molecule has 2 aromatic heterocycles. The summed E-state index contributed by atoms with van der Waals surface area (Å²) in [5.41, 5.74) is 1.40. The van der Waals surface area contributed by atoms with Crippen LogP contribution < -0.4 is 36.1 Å². The number of thiazole rings is 1. The third kappa shape index (κ3) is 12.8. The Morgan fingerprint density at radius 2 is 1.67 bits per heavy atom. The minimum Gasteiger partial charge on any atom is -0.497 e. The van der Waals surface area contributed by atoms with E-state index in [2.05, 4.69) is 26.6 Å². The van der Waals surface area contributed by atoms with E-state index >= 15 is 0 Å². The smallest absolute Gasteiger partial charge is 0.408 e. The summed E-state index contributed by atoms with van der Waals surface area (Å²) in [7, 11) is 1.56. The molecule has 2 aliphatic rings. The molecule has 6 rings (SSSR count). The number of benzene rings is 2. The number of allylic oxidation sites excluding steroid dienone is 1. The van der Waals surface area contributed by atoms with E-state index in [0.29, 0.717) is 58.7 Å². The van der Waals surface area contributed by atoms with Gasteiger partial charge in [-0.1, -0.05) is 38.1 Å². The lowest BCUT2D eigenvalue weighted by atomic mass is 10.0. The van der Waals surface area contributed by atoms with Crippen molar-refractivity contribution in [2.45, 2.75) is 123 Å². The number of amides is 5. The molecule has 5 amide bonds. The summed E-state index contributed by atoms with van der Waals surface area (Å²) in [6.45, 7) is 12.6. The Balaban J connectivity index is 1.33. The van der Waals surface area contributed by atoms with Gasteiger partial charge in [0, 0.05) is 41.8 Å². The number of methoxy groups -OCH3 is 1. The van der Waals surface area contributed by atoms with Crippen LogP contribution in [0.3, 0.4) is 0 Å². The molecular formula is C48H60N8O9S. The molecule has 4 heterocycles. The van der Waals surface area contributed by atoms with Crippen LogP contribution in [0.15, 0.2) is 66.1 Å². The van der Waals surface area contributed by atoms with E-state index in [4.69, 9.17) is 24.2 Å². The third-order valence-electron chi connectivity index (χ3n) is 10.8. The number of rotatable bonds is 11. The lowest BCUT2D eigenvalue weighted by Crippen LogP contribution is -2.57. The molecule has 0 aliphatic carbocycles. The number of Topliss-reactive ketones (excluding diaryl/α,β-unsaturated/α-hetero) is 1. The van der Waals surface area contributed by atoms with Gasteiger partial charge in [-0.3, -0.25) is 24.0 Å². The average molecular weight is 925 g/mol. The largest absolute Gasteiger partial charge is 0.497 e. The van der Waals surface area contributed by atoms with Crippen molar-refractivity contribution in [3.05, 3.63) is 66.1 Å². The zero-order valence-corrected chi connectivity index (χ0v) is 39.5. The van der Waals surface area contributed by atoms with E-state index in [1.165, 1.54) is 16.2 Å². The number of anilines is 3. The number of para-hydroxylation sites is 2. The molecular weight excluding hydrogens is 865 g/mol. The summed E-state index contributed by atoms with van der Waals surface area (Å²) in [4.78, 5) is 93.8. The molecule has 4 atom stereocenters. The van der Waals surface area contributed by atoms with Crippen LogP contribution in [0, 0.1) is 5.92 Å². The fourth-order valence-corrected chi connectivity index (χ4v) is 8.42. The fourth-order valence-electron chi connectivity index (χ4n) is 7.57. The maximum absolute atomic E-state index is 14.7. The van der Waals surface area contributed by atoms with Gasteiger partial charge in [0.15, 0.2) is 5.13 Å². The number of pyridine rings is 1. The highest BCUT2D eigenvalue weighted by atomic mass is 32.1. The number of fused-ring (bicyclic) bond motifs is 2. The minimum atomic E-state index is -1.33. The van der Waals surface area contributed by atoms with Gasteiger partial charge in [-0.05, 0) is 90.5 Å². The van der Waals surface area contributed by atoms with Crippen molar-refractivity contribution in [1.29, 1.82) is 0 Å². The number of alkyl carbamates (subject to hydrolysis) is 1. The maximum Gasteiger partial charge on any atom is 0.408 e. The molecule has 5 N–H and O–H groups in total. The van der Waals surface area contributed by atoms with Crippen LogP contribution in [0.25, 0.3) is 22.3 Å². The highest BCUT2D eigenvalue weighted by Gasteiger charge is 2.45. The molecule has 0 unspecified atom stereocenters. The van der Waals surface area contributed by atoms with Crippen LogP contribution in [0.4, 0.5) is 21.3 Å². The lowest BCUT2D eigenvalue weighted by molar-refractivity contribution is -0.142. The number of hydrogen-bond donors (Lipinski definition) is 5. The zero-order valence-electron chi connectivity index (χ0n) is 38.7. The van der Waals surface area contributed by atoms with E-state index in [-0.39, 0.29) is 43.4 Å². The molecule has 352 valence electrons. The molecule has 2 aliphatic heterocycles. The summed E-state index contributed by atoms with van der Waals surface area (Å²) in [5.74, 6) is -2.86. The topological polar surface area (TPSA) is 219 Å². The molecule has 18 heteroatoms. The van der Waals surface area contributed by atoms with Crippen LogP contribution in [0.5, 0.6) is 11.5 Å². The molecule has 4 aromatic rings. The van der Waals surface area contributed by atoms with E-state index in [1.807, 2.05) is 31.4 Å². The van der Waals surface area contributed by atoms with Crippen LogP contribution in [-0.2, 0) is 28.7 Å². The second kappa shape index (κ2) is 21.6.